The van der Waals surface area contributed by atoms with Crippen LogP contribution in [0.1, 0.15) is 49.5 Å². The highest BCUT2D eigenvalue weighted by Gasteiger charge is 2.15. The third-order valence-electron chi connectivity index (χ3n) is 3.76. The van der Waals surface area contributed by atoms with Crippen molar-refractivity contribution in [3.05, 3.63) is 53.3 Å². The Morgan fingerprint density at radius 1 is 1.00 bits per heavy atom. The molecule has 0 spiro atoms. The molecule has 0 amide bonds. The van der Waals surface area contributed by atoms with Crippen molar-refractivity contribution in [3.63, 3.8) is 0 Å². The van der Waals surface area contributed by atoms with Gasteiger partial charge in [-0.1, -0.05) is 25.5 Å². The van der Waals surface area contributed by atoms with Crippen molar-refractivity contribution in [2.24, 2.45) is 0 Å². The van der Waals surface area contributed by atoms with E-state index < -0.39 is 11.8 Å². The van der Waals surface area contributed by atoms with E-state index in [0.29, 0.717) is 42.9 Å². The Bertz CT molecular complexity index is 815. The quantitative estimate of drug-likeness (QED) is 0.466. The normalized spacial score (nSPS) is 9.93. The maximum atomic E-state index is 13.4. The Hall–Kier alpha value is -3.09. The lowest BCUT2D eigenvalue weighted by Gasteiger charge is -2.15. The van der Waals surface area contributed by atoms with Gasteiger partial charge in [0.2, 0.25) is 0 Å². The molecule has 2 aromatic rings. The van der Waals surface area contributed by atoms with Crippen molar-refractivity contribution in [1.82, 2.24) is 0 Å². The zero-order chi connectivity index (χ0) is 21.8. The Labute approximate surface area is 169 Å². The number of ether oxygens (including phenoxy) is 2. The predicted octanol–water partition coefficient (Wildman–Crippen LogP) is 4.63. The lowest BCUT2D eigenvalue weighted by molar-refractivity contribution is -0.134. The van der Waals surface area contributed by atoms with E-state index in [1.54, 1.807) is 30.3 Å². The summed E-state index contributed by atoms with van der Waals surface area (Å²) < 4.78 is 24.5. The highest BCUT2D eigenvalue weighted by Crippen LogP contribution is 2.33. The topological polar surface area (TPSA) is 93.1 Å². The van der Waals surface area contributed by atoms with E-state index in [1.807, 2.05) is 6.92 Å². The number of halogens is 1. The number of aromatic hydroxyl groups is 1. The molecule has 0 unspecified atom stereocenters. The molecule has 0 aliphatic carbocycles. The molecule has 0 bridgehead atoms. The summed E-state index contributed by atoms with van der Waals surface area (Å²) in [6.07, 6.45) is 2.00. The van der Waals surface area contributed by atoms with Crippen LogP contribution in [0.5, 0.6) is 17.2 Å². The van der Waals surface area contributed by atoms with Gasteiger partial charge in [-0.05, 0) is 37.6 Å². The lowest BCUT2D eigenvalue weighted by Crippen LogP contribution is -2.07. The molecule has 0 aromatic heterocycles. The average molecular weight is 406 g/mol. The van der Waals surface area contributed by atoms with Gasteiger partial charge in [0, 0.05) is 18.9 Å². The van der Waals surface area contributed by atoms with Gasteiger partial charge >= 0.3 is 0 Å². The number of carboxylic acid groups (broad SMARTS) is 1. The minimum absolute atomic E-state index is 0.00513. The monoisotopic (exact) mass is 406 g/mol. The molecule has 29 heavy (non-hydrogen) atoms. The second kappa shape index (κ2) is 12.4. The molecule has 2 N–H and O–H groups in total. The second-order valence-corrected chi connectivity index (χ2v) is 6.24. The van der Waals surface area contributed by atoms with Gasteiger partial charge in [-0.2, -0.15) is 0 Å². The van der Waals surface area contributed by atoms with E-state index in [2.05, 4.69) is 0 Å². The zero-order valence-corrected chi connectivity index (χ0v) is 16.9. The molecule has 0 radical (unpaired) electrons. The first-order valence-corrected chi connectivity index (χ1v) is 9.33. The van der Waals surface area contributed by atoms with Crippen LogP contribution in [0.4, 0.5) is 4.39 Å². The first kappa shape index (κ1) is 23.9. The van der Waals surface area contributed by atoms with Crippen LogP contribution in [0.2, 0.25) is 0 Å². The second-order valence-electron chi connectivity index (χ2n) is 6.24. The van der Waals surface area contributed by atoms with Gasteiger partial charge in [0.15, 0.2) is 17.3 Å². The molecule has 2 rings (SSSR count). The summed E-state index contributed by atoms with van der Waals surface area (Å²) in [4.78, 5) is 20.5. The molecule has 0 fully saturated rings. The summed E-state index contributed by atoms with van der Waals surface area (Å²) in [5.41, 5.74) is 0.948. The van der Waals surface area contributed by atoms with Gasteiger partial charge in [0.1, 0.15) is 11.5 Å². The van der Waals surface area contributed by atoms with Crippen LogP contribution in [-0.2, 0) is 11.2 Å². The number of carbonyl (C=O) groups is 2. The maximum absolute atomic E-state index is 13.4. The SMILES string of the molecule is CC(=O)O.CCCc1c(OCCCOc2ccccc2F)ccc(C(C)=O)c1O. The summed E-state index contributed by atoms with van der Waals surface area (Å²) in [5, 5.41) is 17.7. The van der Waals surface area contributed by atoms with Crippen LogP contribution in [0.3, 0.4) is 0 Å². The summed E-state index contributed by atoms with van der Waals surface area (Å²) in [6.45, 7) is 5.18. The number of aliphatic carboxylic acids is 1. The Morgan fingerprint density at radius 3 is 2.14 bits per heavy atom. The number of hydrogen-bond donors (Lipinski definition) is 2. The Morgan fingerprint density at radius 2 is 1.59 bits per heavy atom. The number of phenolic OH excluding ortho intramolecular Hbond substituents is 1. The fraction of sp³-hybridized carbons (Fsp3) is 0.364. The number of rotatable bonds is 9. The number of carbonyl (C=O) groups excluding carboxylic acids is 1. The third kappa shape index (κ3) is 8.21. The van der Waals surface area contributed by atoms with Crippen molar-refractivity contribution in [2.75, 3.05) is 13.2 Å². The van der Waals surface area contributed by atoms with Gasteiger partial charge in [-0.15, -0.1) is 0 Å². The maximum Gasteiger partial charge on any atom is 0.300 e. The minimum Gasteiger partial charge on any atom is -0.507 e. The molecule has 6 nitrogen and oxygen atoms in total. The smallest absolute Gasteiger partial charge is 0.300 e. The number of phenols is 1. The first-order valence-electron chi connectivity index (χ1n) is 9.33. The van der Waals surface area contributed by atoms with Crippen LogP contribution < -0.4 is 9.47 Å². The lowest BCUT2D eigenvalue weighted by atomic mass is 10.0. The molecule has 7 heteroatoms. The van der Waals surface area contributed by atoms with Gasteiger partial charge in [-0.3, -0.25) is 9.59 Å². The van der Waals surface area contributed by atoms with Crippen LogP contribution >= 0.6 is 0 Å². The largest absolute Gasteiger partial charge is 0.507 e. The number of Topliss-reactive ketones (excluding diaryl/α,β-unsaturated/α-hetero) is 1. The van der Waals surface area contributed by atoms with E-state index in [4.69, 9.17) is 19.4 Å². The molecule has 2 aromatic carbocycles. The molecular formula is C22H27FO6. The van der Waals surface area contributed by atoms with E-state index in [-0.39, 0.29) is 17.3 Å². The number of hydrogen-bond acceptors (Lipinski definition) is 5. The minimum atomic E-state index is -0.833. The molecule has 0 saturated carbocycles. The number of carboxylic acids is 1. The number of ketones is 1. The fourth-order valence-corrected chi connectivity index (χ4v) is 2.51. The van der Waals surface area contributed by atoms with E-state index in [9.17, 15) is 14.3 Å². The van der Waals surface area contributed by atoms with Crippen LogP contribution in [0.15, 0.2) is 36.4 Å². The summed E-state index contributed by atoms with van der Waals surface area (Å²) in [5.74, 6) is -0.625. The highest BCUT2D eigenvalue weighted by molar-refractivity contribution is 5.97. The van der Waals surface area contributed by atoms with Crippen molar-refractivity contribution < 1.29 is 33.7 Å². The molecular weight excluding hydrogens is 379 g/mol. The molecule has 0 aliphatic rings. The Balaban J connectivity index is 0.000000960. The molecule has 0 heterocycles. The predicted molar refractivity (Wildman–Crippen MR) is 107 cm³/mol. The fourth-order valence-electron chi connectivity index (χ4n) is 2.51. The first-order chi connectivity index (χ1) is 13.8. The van der Waals surface area contributed by atoms with Gasteiger partial charge in [-0.25, -0.2) is 4.39 Å². The van der Waals surface area contributed by atoms with Gasteiger partial charge in [0.25, 0.3) is 5.97 Å². The van der Waals surface area contributed by atoms with Crippen LogP contribution in [-0.4, -0.2) is 35.2 Å². The Kier molecular flexibility index (Phi) is 10.2. The zero-order valence-electron chi connectivity index (χ0n) is 16.9. The van der Waals surface area contributed by atoms with E-state index >= 15 is 0 Å². The van der Waals surface area contributed by atoms with Crippen LogP contribution in [0.25, 0.3) is 0 Å². The van der Waals surface area contributed by atoms with Gasteiger partial charge < -0.3 is 19.7 Å². The van der Waals surface area contributed by atoms with Crippen molar-refractivity contribution in [3.8, 4) is 17.2 Å². The molecule has 0 aliphatic heterocycles. The number of para-hydroxylation sites is 1. The average Bonchev–Trinajstić information content (AvgIpc) is 2.64. The third-order valence-corrected chi connectivity index (χ3v) is 3.76. The summed E-state index contributed by atoms with van der Waals surface area (Å²) >= 11 is 0. The highest BCUT2D eigenvalue weighted by atomic mass is 19.1. The van der Waals surface area contributed by atoms with Crippen molar-refractivity contribution >= 4 is 11.8 Å². The molecule has 0 atom stereocenters. The van der Waals surface area contributed by atoms with Crippen molar-refractivity contribution in [2.45, 2.75) is 40.0 Å². The number of benzene rings is 2. The van der Waals surface area contributed by atoms with Crippen molar-refractivity contribution in [1.29, 1.82) is 0 Å². The van der Waals surface area contributed by atoms with Gasteiger partial charge in [0.05, 0.1) is 18.8 Å². The van der Waals surface area contributed by atoms with E-state index in [0.717, 1.165) is 13.3 Å². The van der Waals surface area contributed by atoms with Crippen LogP contribution in [0, 0.1) is 5.82 Å². The van der Waals surface area contributed by atoms with E-state index in [1.165, 1.54) is 13.0 Å². The molecule has 0 saturated heterocycles. The standard InChI is InChI=1S/C20H23FO4.C2H4O2/c1-3-7-16-18(11-10-15(14(2)22)20(16)23)24-12-6-13-25-19-9-5-4-8-17(19)21;1-2(3)4/h4-5,8-11,23H,3,6-7,12-13H2,1-2H3;1H3,(H,3,4). The summed E-state index contributed by atoms with van der Waals surface area (Å²) in [7, 11) is 0. The summed E-state index contributed by atoms with van der Waals surface area (Å²) in [6, 6.07) is 9.53. The molecule has 158 valence electrons.